The van der Waals surface area contributed by atoms with Crippen LogP contribution in [0.15, 0.2) is 24.3 Å². The van der Waals surface area contributed by atoms with Crippen molar-refractivity contribution in [3.05, 3.63) is 35.4 Å². The molecule has 0 unspecified atom stereocenters. The minimum absolute atomic E-state index is 0.0228. The van der Waals surface area contributed by atoms with E-state index in [1.165, 1.54) is 37.9 Å². The first kappa shape index (κ1) is 20.8. The highest BCUT2D eigenvalue weighted by atomic mass is 16.2. The number of hydrogen-bond acceptors (Lipinski definition) is 3. The molecular formula is C23H35N3O2. The van der Waals surface area contributed by atoms with Gasteiger partial charge in [-0.3, -0.25) is 14.5 Å². The van der Waals surface area contributed by atoms with Crippen molar-refractivity contribution in [2.45, 2.75) is 59.0 Å². The molecule has 2 amide bonds. The van der Waals surface area contributed by atoms with E-state index < -0.39 is 0 Å². The van der Waals surface area contributed by atoms with Gasteiger partial charge in [0.15, 0.2) is 0 Å². The van der Waals surface area contributed by atoms with Crippen molar-refractivity contribution in [3.8, 4) is 0 Å². The first-order chi connectivity index (χ1) is 13.5. The molecule has 3 rings (SSSR count). The lowest BCUT2D eigenvalue weighted by Gasteiger charge is -2.32. The lowest BCUT2D eigenvalue weighted by atomic mass is 9.95. The third kappa shape index (κ3) is 5.81. The average Bonchev–Trinajstić information content (AvgIpc) is 2.73. The van der Waals surface area contributed by atoms with Crippen LogP contribution in [-0.2, 0) is 22.7 Å². The zero-order valence-corrected chi connectivity index (χ0v) is 17.5. The van der Waals surface area contributed by atoms with Crippen LogP contribution in [0.25, 0.3) is 0 Å². The van der Waals surface area contributed by atoms with Crippen molar-refractivity contribution in [1.82, 2.24) is 15.1 Å². The lowest BCUT2D eigenvalue weighted by Crippen LogP contribution is -2.44. The van der Waals surface area contributed by atoms with Gasteiger partial charge in [0.2, 0.25) is 11.8 Å². The van der Waals surface area contributed by atoms with Gasteiger partial charge in [-0.1, -0.05) is 44.5 Å². The number of likely N-dealkylation sites (tertiary alicyclic amines) is 2. The maximum absolute atomic E-state index is 12.5. The van der Waals surface area contributed by atoms with Gasteiger partial charge in [0, 0.05) is 38.0 Å². The third-order valence-corrected chi connectivity index (χ3v) is 6.02. The first-order valence-corrected chi connectivity index (χ1v) is 10.9. The van der Waals surface area contributed by atoms with Crippen LogP contribution in [0.4, 0.5) is 0 Å². The minimum Gasteiger partial charge on any atom is -0.352 e. The van der Waals surface area contributed by atoms with Crippen molar-refractivity contribution in [3.63, 3.8) is 0 Å². The van der Waals surface area contributed by atoms with Crippen LogP contribution in [0.5, 0.6) is 0 Å². The number of rotatable bonds is 6. The largest absolute Gasteiger partial charge is 0.352 e. The molecule has 0 atom stereocenters. The van der Waals surface area contributed by atoms with Gasteiger partial charge in [0.25, 0.3) is 0 Å². The molecule has 1 aromatic rings. The Labute approximate surface area is 169 Å². The zero-order valence-electron chi connectivity index (χ0n) is 17.5. The Hall–Kier alpha value is -1.88. The van der Waals surface area contributed by atoms with Crippen LogP contribution in [0.2, 0.25) is 0 Å². The number of carbonyl (C=O) groups is 2. The fourth-order valence-electron chi connectivity index (χ4n) is 4.20. The average molecular weight is 386 g/mol. The molecule has 1 N–H and O–H groups in total. The maximum Gasteiger partial charge on any atom is 0.225 e. The van der Waals surface area contributed by atoms with E-state index >= 15 is 0 Å². The smallest absolute Gasteiger partial charge is 0.225 e. The number of nitrogens with zero attached hydrogens (tertiary/aromatic N) is 2. The second-order valence-electron chi connectivity index (χ2n) is 8.63. The van der Waals surface area contributed by atoms with E-state index in [1.807, 2.05) is 18.7 Å². The van der Waals surface area contributed by atoms with E-state index in [2.05, 4.69) is 34.5 Å². The number of nitrogens with one attached hydrogen (secondary N) is 1. The van der Waals surface area contributed by atoms with Gasteiger partial charge in [-0.2, -0.15) is 0 Å². The van der Waals surface area contributed by atoms with Crippen LogP contribution in [0.3, 0.4) is 0 Å². The molecule has 0 bridgehead atoms. The highest BCUT2D eigenvalue weighted by molar-refractivity contribution is 5.80. The van der Waals surface area contributed by atoms with Gasteiger partial charge < -0.3 is 10.2 Å². The summed E-state index contributed by atoms with van der Waals surface area (Å²) in [6, 6.07) is 8.63. The fraction of sp³-hybridized carbons (Fsp3) is 0.652. The van der Waals surface area contributed by atoms with Crippen LogP contribution < -0.4 is 5.32 Å². The van der Waals surface area contributed by atoms with E-state index in [9.17, 15) is 9.59 Å². The Kier molecular flexibility index (Phi) is 7.49. The van der Waals surface area contributed by atoms with Gasteiger partial charge in [-0.25, -0.2) is 0 Å². The van der Waals surface area contributed by atoms with Crippen LogP contribution in [0.1, 0.15) is 57.1 Å². The van der Waals surface area contributed by atoms with Crippen LogP contribution in [0, 0.1) is 11.8 Å². The summed E-state index contributed by atoms with van der Waals surface area (Å²) in [6.07, 6.45) is 5.52. The second-order valence-corrected chi connectivity index (χ2v) is 8.63. The fourth-order valence-corrected chi connectivity index (χ4v) is 4.20. The van der Waals surface area contributed by atoms with Crippen LogP contribution in [-0.4, -0.2) is 47.8 Å². The molecule has 2 heterocycles. The molecule has 28 heavy (non-hydrogen) atoms. The summed E-state index contributed by atoms with van der Waals surface area (Å²) in [5, 5.41) is 3.08. The topological polar surface area (TPSA) is 52.7 Å². The quantitative estimate of drug-likeness (QED) is 0.818. The van der Waals surface area contributed by atoms with E-state index in [4.69, 9.17) is 0 Å². The van der Waals surface area contributed by atoms with Gasteiger partial charge in [0.1, 0.15) is 0 Å². The van der Waals surface area contributed by atoms with E-state index in [-0.39, 0.29) is 23.7 Å². The normalized spacial score (nSPS) is 19.0. The summed E-state index contributed by atoms with van der Waals surface area (Å²) in [5.41, 5.74) is 2.49. The molecular weight excluding hydrogens is 350 g/mol. The van der Waals surface area contributed by atoms with Crippen LogP contribution >= 0.6 is 0 Å². The summed E-state index contributed by atoms with van der Waals surface area (Å²) < 4.78 is 0. The van der Waals surface area contributed by atoms with Crippen molar-refractivity contribution >= 4 is 11.8 Å². The molecule has 5 nitrogen and oxygen atoms in total. The van der Waals surface area contributed by atoms with E-state index in [0.717, 1.165) is 24.9 Å². The number of amides is 2. The standard InChI is InChI=1S/C23H35N3O2/c1-18(2)23(28)26-14-10-21(11-15-26)22(27)24-16-19-6-8-20(9-7-19)17-25-12-4-3-5-13-25/h6-9,18,21H,3-5,10-17H2,1-2H3,(H,24,27). The van der Waals surface area contributed by atoms with Crippen molar-refractivity contribution in [2.24, 2.45) is 11.8 Å². The first-order valence-electron chi connectivity index (χ1n) is 10.9. The summed E-state index contributed by atoms with van der Waals surface area (Å²) in [7, 11) is 0. The maximum atomic E-state index is 12.5. The number of benzene rings is 1. The minimum atomic E-state index is 0.0228. The zero-order chi connectivity index (χ0) is 19.9. The summed E-state index contributed by atoms with van der Waals surface area (Å²) >= 11 is 0. The summed E-state index contributed by atoms with van der Waals surface area (Å²) in [6.45, 7) is 9.27. The highest BCUT2D eigenvalue weighted by Crippen LogP contribution is 2.19. The van der Waals surface area contributed by atoms with Crippen molar-refractivity contribution < 1.29 is 9.59 Å². The van der Waals surface area contributed by atoms with Crippen molar-refractivity contribution in [2.75, 3.05) is 26.2 Å². The number of carbonyl (C=O) groups excluding carboxylic acids is 2. The molecule has 2 fully saturated rings. The van der Waals surface area contributed by atoms with Crippen molar-refractivity contribution in [1.29, 1.82) is 0 Å². The molecule has 5 heteroatoms. The Morgan fingerprint density at radius 3 is 2.18 bits per heavy atom. The SMILES string of the molecule is CC(C)C(=O)N1CCC(C(=O)NCc2ccc(CN3CCCCC3)cc2)CC1. The molecule has 2 aliphatic heterocycles. The van der Waals surface area contributed by atoms with Gasteiger partial charge >= 0.3 is 0 Å². The molecule has 1 aromatic carbocycles. The Bertz CT molecular complexity index is 642. The lowest BCUT2D eigenvalue weighted by molar-refractivity contribution is -0.138. The van der Waals surface area contributed by atoms with Gasteiger partial charge in [0.05, 0.1) is 0 Å². The Morgan fingerprint density at radius 2 is 1.57 bits per heavy atom. The summed E-state index contributed by atoms with van der Waals surface area (Å²) in [5.74, 6) is 0.371. The molecule has 0 aliphatic carbocycles. The molecule has 154 valence electrons. The molecule has 0 radical (unpaired) electrons. The second kappa shape index (κ2) is 10.1. The Balaban J connectivity index is 1.40. The highest BCUT2D eigenvalue weighted by Gasteiger charge is 2.28. The molecule has 2 saturated heterocycles. The Morgan fingerprint density at radius 1 is 0.964 bits per heavy atom. The predicted octanol–water partition coefficient (Wildman–Crippen LogP) is 3.18. The summed E-state index contributed by atoms with van der Waals surface area (Å²) in [4.78, 5) is 29.0. The van der Waals surface area contributed by atoms with E-state index in [0.29, 0.717) is 19.6 Å². The molecule has 2 aliphatic rings. The molecule has 0 aromatic heterocycles. The van der Waals surface area contributed by atoms with E-state index in [1.54, 1.807) is 0 Å². The van der Waals surface area contributed by atoms with Gasteiger partial charge in [-0.05, 0) is 49.9 Å². The van der Waals surface area contributed by atoms with Gasteiger partial charge in [-0.15, -0.1) is 0 Å². The number of hydrogen-bond donors (Lipinski definition) is 1. The monoisotopic (exact) mass is 385 g/mol. The predicted molar refractivity (Wildman–Crippen MR) is 112 cm³/mol. The molecule has 0 saturated carbocycles. The number of piperidine rings is 2. The molecule has 0 spiro atoms. The third-order valence-electron chi connectivity index (χ3n) is 6.02.